The quantitative estimate of drug-likeness (QED) is 0.408. The zero-order chi connectivity index (χ0) is 24.9. The van der Waals surface area contributed by atoms with Gasteiger partial charge in [0, 0.05) is 5.69 Å². The number of hydrogen-bond donors (Lipinski definition) is 1. The first kappa shape index (κ1) is 24.2. The van der Waals surface area contributed by atoms with Crippen LogP contribution in [-0.2, 0) is 9.59 Å². The summed E-state index contributed by atoms with van der Waals surface area (Å²) < 4.78 is 24.7. The topological polar surface area (TPSA) is 80.2 Å². The number of nitrogens with zero attached hydrogens (tertiary/aromatic N) is 2. The van der Waals surface area contributed by atoms with Gasteiger partial charge in [-0.05, 0) is 83.0 Å². The highest BCUT2D eigenvalue weighted by molar-refractivity contribution is 9.10. The number of benzene rings is 3. The van der Waals surface area contributed by atoms with Crippen molar-refractivity contribution in [2.45, 2.75) is 6.92 Å². The molecule has 0 saturated carbocycles. The zero-order valence-corrected chi connectivity index (χ0v) is 20.5. The number of hydrazone groups is 1. The van der Waals surface area contributed by atoms with E-state index in [0.717, 1.165) is 0 Å². The van der Waals surface area contributed by atoms with Crippen molar-refractivity contribution in [2.75, 3.05) is 24.0 Å². The van der Waals surface area contributed by atoms with Crippen LogP contribution in [0.4, 0.5) is 15.8 Å². The lowest BCUT2D eigenvalue weighted by molar-refractivity contribution is -0.118. The Balaban J connectivity index is 1.50. The number of amides is 2. The van der Waals surface area contributed by atoms with Crippen molar-refractivity contribution in [3.8, 4) is 11.5 Å². The Labute approximate surface area is 210 Å². The summed E-state index contributed by atoms with van der Waals surface area (Å²) in [5, 5.41) is 8.38. The minimum atomic E-state index is -0.416. The molecule has 1 N–H and O–H groups in total. The lowest BCUT2D eigenvalue weighted by atomic mass is 10.1. The minimum absolute atomic E-state index is 0.235. The third kappa shape index (κ3) is 5.58. The monoisotopic (exact) mass is 537 g/mol. The second-order valence-corrected chi connectivity index (χ2v) is 8.43. The first-order chi connectivity index (χ1) is 16.9. The van der Waals surface area contributed by atoms with Gasteiger partial charge in [-0.1, -0.05) is 18.2 Å². The van der Waals surface area contributed by atoms with Crippen molar-refractivity contribution in [3.63, 3.8) is 0 Å². The van der Waals surface area contributed by atoms with Gasteiger partial charge in [0.05, 0.1) is 28.6 Å². The molecule has 1 heterocycles. The molecule has 7 nitrogen and oxygen atoms in total. The van der Waals surface area contributed by atoms with Crippen LogP contribution in [-0.4, -0.2) is 31.2 Å². The summed E-state index contributed by atoms with van der Waals surface area (Å²) in [4.78, 5) is 25.2. The Kier molecular flexibility index (Phi) is 7.26. The molecule has 1 aliphatic heterocycles. The molecule has 0 atom stereocenters. The number of nitrogens with one attached hydrogen (secondary N) is 1. The van der Waals surface area contributed by atoms with E-state index in [9.17, 15) is 14.0 Å². The minimum Gasteiger partial charge on any atom is -0.493 e. The van der Waals surface area contributed by atoms with Crippen molar-refractivity contribution in [2.24, 2.45) is 5.10 Å². The second kappa shape index (κ2) is 10.5. The maximum absolute atomic E-state index is 13.0. The van der Waals surface area contributed by atoms with E-state index in [0.29, 0.717) is 44.2 Å². The van der Waals surface area contributed by atoms with Gasteiger partial charge in [0.1, 0.15) is 5.82 Å². The lowest BCUT2D eigenvalue weighted by Gasteiger charge is -2.14. The van der Waals surface area contributed by atoms with E-state index in [4.69, 9.17) is 9.47 Å². The van der Waals surface area contributed by atoms with Crippen LogP contribution in [0, 0.1) is 5.82 Å². The average molecular weight is 538 g/mol. The molecule has 0 unspecified atom stereocenters. The molecule has 178 valence electrons. The first-order valence-corrected chi connectivity index (χ1v) is 11.4. The number of methoxy groups -OCH3 is 1. The van der Waals surface area contributed by atoms with Crippen molar-refractivity contribution in [1.29, 1.82) is 0 Å². The largest absolute Gasteiger partial charge is 0.493 e. The molecular formula is C26H21BrFN3O4. The molecular weight excluding hydrogens is 517 g/mol. The summed E-state index contributed by atoms with van der Waals surface area (Å²) >= 11 is 3.46. The molecule has 0 spiro atoms. The third-order valence-electron chi connectivity index (χ3n) is 5.10. The third-order valence-corrected chi connectivity index (χ3v) is 5.69. The van der Waals surface area contributed by atoms with E-state index in [2.05, 4.69) is 26.3 Å². The number of anilines is 2. The maximum atomic E-state index is 13.0. The standard InChI is InChI=1S/C26H21BrFN3O4/c1-16-21(26(33)31(30-16)20-6-4-3-5-7-20)12-17-13-22(27)25(23(14-17)34-2)35-15-24(32)29-19-10-8-18(28)9-11-19/h3-14H,15H2,1-2H3,(H,29,32)/b21-12+. The number of hydrogen-bond acceptors (Lipinski definition) is 5. The summed E-state index contributed by atoms with van der Waals surface area (Å²) in [6.07, 6.45) is 1.72. The van der Waals surface area contributed by atoms with Gasteiger partial charge in [0.2, 0.25) is 0 Å². The van der Waals surface area contributed by atoms with Crippen molar-refractivity contribution in [3.05, 3.63) is 88.2 Å². The Hall–Kier alpha value is -3.98. The van der Waals surface area contributed by atoms with Crippen molar-refractivity contribution < 1.29 is 23.5 Å². The van der Waals surface area contributed by atoms with Crippen LogP contribution in [0.5, 0.6) is 11.5 Å². The molecule has 0 aromatic heterocycles. The Morgan fingerprint density at radius 3 is 2.54 bits per heavy atom. The van der Waals surface area contributed by atoms with Gasteiger partial charge < -0.3 is 14.8 Å². The molecule has 4 rings (SSSR count). The molecule has 35 heavy (non-hydrogen) atoms. The summed E-state index contributed by atoms with van der Waals surface area (Å²) in [7, 11) is 1.48. The van der Waals surface area contributed by atoms with Crippen molar-refractivity contribution in [1.82, 2.24) is 0 Å². The summed E-state index contributed by atoms with van der Waals surface area (Å²) in [6.45, 7) is 1.49. The molecule has 0 fully saturated rings. The number of para-hydroxylation sites is 1. The van der Waals surface area contributed by atoms with Crippen LogP contribution in [0.2, 0.25) is 0 Å². The van der Waals surface area contributed by atoms with Crippen LogP contribution < -0.4 is 19.8 Å². The van der Waals surface area contributed by atoms with Gasteiger partial charge in [-0.3, -0.25) is 9.59 Å². The summed E-state index contributed by atoms with van der Waals surface area (Å²) in [6, 6.07) is 18.1. The molecule has 0 saturated heterocycles. The number of rotatable bonds is 7. The van der Waals surface area contributed by atoms with Crippen LogP contribution >= 0.6 is 15.9 Å². The normalized spacial score (nSPS) is 14.2. The fourth-order valence-electron chi connectivity index (χ4n) is 3.43. The smallest absolute Gasteiger partial charge is 0.280 e. The SMILES string of the molecule is COc1cc(/C=C2/C(=O)N(c3ccccc3)N=C2C)cc(Br)c1OCC(=O)Nc1ccc(F)cc1. The Morgan fingerprint density at radius 1 is 1.14 bits per heavy atom. The van der Waals surface area contributed by atoms with E-state index in [1.54, 1.807) is 25.1 Å². The van der Waals surface area contributed by atoms with Gasteiger partial charge in [0.25, 0.3) is 11.8 Å². The predicted molar refractivity (Wildman–Crippen MR) is 136 cm³/mol. The highest BCUT2D eigenvalue weighted by atomic mass is 79.9. The number of ether oxygens (including phenoxy) is 2. The van der Waals surface area contributed by atoms with Gasteiger partial charge in [-0.2, -0.15) is 10.1 Å². The lowest BCUT2D eigenvalue weighted by Crippen LogP contribution is -2.21. The molecule has 0 radical (unpaired) electrons. The van der Waals surface area contributed by atoms with E-state index in [-0.39, 0.29) is 12.5 Å². The number of halogens is 2. The molecule has 9 heteroatoms. The van der Waals surface area contributed by atoms with E-state index in [1.165, 1.54) is 36.4 Å². The van der Waals surface area contributed by atoms with Gasteiger partial charge >= 0.3 is 0 Å². The van der Waals surface area contributed by atoms with Crippen molar-refractivity contribution >= 4 is 50.9 Å². The zero-order valence-electron chi connectivity index (χ0n) is 18.9. The van der Waals surface area contributed by atoms with Crippen LogP contribution in [0.15, 0.2) is 81.9 Å². The Bertz CT molecular complexity index is 1320. The van der Waals surface area contributed by atoms with E-state index < -0.39 is 11.7 Å². The van der Waals surface area contributed by atoms with Crippen LogP contribution in [0.1, 0.15) is 12.5 Å². The molecule has 3 aromatic rings. The van der Waals surface area contributed by atoms with Crippen LogP contribution in [0.25, 0.3) is 6.08 Å². The van der Waals surface area contributed by atoms with Gasteiger partial charge in [0.15, 0.2) is 18.1 Å². The highest BCUT2D eigenvalue weighted by Crippen LogP contribution is 2.37. The van der Waals surface area contributed by atoms with E-state index in [1.807, 2.05) is 30.3 Å². The predicted octanol–water partition coefficient (Wildman–Crippen LogP) is 5.42. The number of carbonyl (C=O) groups is 2. The molecule has 1 aliphatic rings. The average Bonchev–Trinajstić information content (AvgIpc) is 3.13. The molecule has 0 aliphatic carbocycles. The summed E-state index contributed by atoms with van der Waals surface area (Å²) in [5.74, 6) is -0.335. The molecule has 2 amide bonds. The first-order valence-electron chi connectivity index (χ1n) is 10.6. The number of carbonyl (C=O) groups excluding carboxylic acids is 2. The van der Waals surface area contributed by atoms with Crippen LogP contribution in [0.3, 0.4) is 0 Å². The molecule has 3 aromatic carbocycles. The Morgan fingerprint density at radius 2 is 1.86 bits per heavy atom. The maximum Gasteiger partial charge on any atom is 0.280 e. The fraction of sp³-hybridized carbons (Fsp3) is 0.115. The molecule has 0 bridgehead atoms. The fourth-order valence-corrected chi connectivity index (χ4v) is 4.00. The van der Waals surface area contributed by atoms with Gasteiger partial charge in [-0.25, -0.2) is 4.39 Å². The van der Waals surface area contributed by atoms with E-state index >= 15 is 0 Å². The van der Waals surface area contributed by atoms with Gasteiger partial charge in [-0.15, -0.1) is 0 Å². The summed E-state index contributed by atoms with van der Waals surface area (Å²) in [5.41, 5.74) is 2.86. The second-order valence-electron chi connectivity index (χ2n) is 7.57. The highest BCUT2D eigenvalue weighted by Gasteiger charge is 2.28.